The maximum Gasteiger partial charge on any atom is 0.387 e. The van der Waals surface area contributed by atoms with Crippen molar-refractivity contribution in [1.82, 2.24) is 0 Å². The highest BCUT2D eigenvalue weighted by Gasteiger charge is 2.12. The minimum Gasteiger partial charge on any atom is -0.432 e. The molecular formula is C17H26F3NO. The summed E-state index contributed by atoms with van der Waals surface area (Å²) < 4.78 is 41.4. The molecule has 0 saturated carbocycles. The van der Waals surface area contributed by atoms with E-state index >= 15 is 0 Å². The summed E-state index contributed by atoms with van der Waals surface area (Å²) in [6.07, 6.45) is 0.746. The number of benzene rings is 1. The van der Waals surface area contributed by atoms with Gasteiger partial charge in [-0.1, -0.05) is 34.6 Å². The standard InChI is InChI=1S/C12H14F3NO.C5H12/c1-4-8(3)16-10-6-9(13)11(5-7(10)2)17-12(14)15;1-5(2,3)4/h5-6,12H,4H2,1-3H3;1-4H3. The van der Waals surface area contributed by atoms with E-state index < -0.39 is 18.2 Å². The molecule has 0 unspecified atom stereocenters. The number of hydrogen-bond donors (Lipinski definition) is 0. The molecular weight excluding hydrogens is 291 g/mol. The summed E-state index contributed by atoms with van der Waals surface area (Å²) in [5.74, 6) is -1.29. The number of aliphatic imine (C=N–C) groups is 1. The van der Waals surface area contributed by atoms with Gasteiger partial charge in [-0.25, -0.2) is 4.39 Å². The fourth-order valence-electron chi connectivity index (χ4n) is 1.24. The normalized spacial score (nSPS) is 12.0. The van der Waals surface area contributed by atoms with Gasteiger partial charge in [-0.15, -0.1) is 0 Å². The highest BCUT2D eigenvalue weighted by Crippen LogP contribution is 2.28. The van der Waals surface area contributed by atoms with Crippen LogP contribution in [0.25, 0.3) is 0 Å². The third kappa shape index (κ3) is 9.42. The van der Waals surface area contributed by atoms with Gasteiger partial charge in [0.25, 0.3) is 0 Å². The lowest BCUT2D eigenvalue weighted by molar-refractivity contribution is -0.0522. The number of hydrogen-bond acceptors (Lipinski definition) is 2. The Labute approximate surface area is 131 Å². The van der Waals surface area contributed by atoms with Crippen molar-refractivity contribution >= 4 is 11.4 Å². The van der Waals surface area contributed by atoms with Gasteiger partial charge in [0.05, 0.1) is 5.69 Å². The second-order valence-electron chi connectivity index (χ2n) is 6.65. The lowest BCUT2D eigenvalue weighted by Crippen LogP contribution is -2.04. The molecule has 126 valence electrons. The molecule has 2 nitrogen and oxygen atoms in total. The van der Waals surface area contributed by atoms with Crippen molar-refractivity contribution in [3.8, 4) is 5.75 Å². The Morgan fingerprint density at radius 2 is 1.73 bits per heavy atom. The van der Waals surface area contributed by atoms with Gasteiger partial charge in [0, 0.05) is 11.8 Å². The fraction of sp³-hybridized carbons (Fsp3) is 0.588. The first-order valence-electron chi connectivity index (χ1n) is 7.23. The first kappa shape index (κ1) is 20.5. The SMILES string of the molecule is CC(C)(C)C.CCC(C)=Nc1cc(F)c(OC(F)F)cc1C. The average Bonchev–Trinajstić information content (AvgIpc) is 2.32. The number of rotatable bonds is 4. The molecule has 1 aromatic rings. The third-order valence-electron chi connectivity index (χ3n) is 2.29. The van der Waals surface area contributed by atoms with Crippen LogP contribution in [0.5, 0.6) is 5.75 Å². The zero-order valence-electron chi connectivity index (χ0n) is 14.4. The number of alkyl halides is 2. The van der Waals surface area contributed by atoms with Crippen LogP contribution in [0.2, 0.25) is 0 Å². The Morgan fingerprint density at radius 3 is 2.14 bits per heavy atom. The van der Waals surface area contributed by atoms with E-state index in [1.54, 1.807) is 6.92 Å². The van der Waals surface area contributed by atoms with Crippen molar-refractivity contribution in [2.45, 2.75) is 61.5 Å². The lowest BCUT2D eigenvalue weighted by atomic mass is 10.0. The molecule has 1 aromatic carbocycles. The molecule has 5 heteroatoms. The topological polar surface area (TPSA) is 21.6 Å². The van der Waals surface area contributed by atoms with Gasteiger partial charge < -0.3 is 4.74 Å². The minimum absolute atomic E-state index is 0.434. The van der Waals surface area contributed by atoms with Crippen molar-refractivity contribution in [1.29, 1.82) is 0 Å². The molecule has 0 aromatic heterocycles. The van der Waals surface area contributed by atoms with Crippen LogP contribution in [0.1, 0.15) is 53.5 Å². The summed E-state index contributed by atoms with van der Waals surface area (Å²) >= 11 is 0. The smallest absolute Gasteiger partial charge is 0.387 e. The van der Waals surface area contributed by atoms with E-state index in [1.165, 1.54) is 6.07 Å². The average molecular weight is 317 g/mol. The van der Waals surface area contributed by atoms with Crippen LogP contribution in [0.4, 0.5) is 18.9 Å². The zero-order chi connectivity index (χ0) is 17.5. The number of aryl methyl sites for hydroxylation is 1. The van der Waals surface area contributed by atoms with Gasteiger partial charge in [-0.05, 0) is 37.3 Å². The third-order valence-corrected chi connectivity index (χ3v) is 2.29. The molecule has 1 rings (SSSR count). The summed E-state index contributed by atoms with van der Waals surface area (Å²) in [5, 5.41) is 0. The zero-order valence-corrected chi connectivity index (χ0v) is 14.4. The molecule has 0 aliphatic heterocycles. The number of nitrogens with zero attached hydrogens (tertiary/aromatic N) is 1. The quantitative estimate of drug-likeness (QED) is 0.598. The Kier molecular flexibility index (Phi) is 8.20. The maximum absolute atomic E-state index is 13.4. The predicted molar refractivity (Wildman–Crippen MR) is 86.0 cm³/mol. The summed E-state index contributed by atoms with van der Waals surface area (Å²) in [7, 11) is 0. The molecule has 0 atom stereocenters. The molecule has 0 spiro atoms. The van der Waals surface area contributed by atoms with Crippen molar-refractivity contribution in [2.75, 3.05) is 0 Å². The summed E-state index contributed by atoms with van der Waals surface area (Å²) in [4.78, 5) is 4.19. The molecule has 0 N–H and O–H groups in total. The number of halogens is 3. The molecule has 0 bridgehead atoms. The Balaban J connectivity index is 0.000000763. The molecule has 0 radical (unpaired) electrons. The Morgan fingerprint density at radius 1 is 1.23 bits per heavy atom. The van der Waals surface area contributed by atoms with Gasteiger partial charge >= 0.3 is 6.61 Å². The molecule has 0 aliphatic rings. The van der Waals surface area contributed by atoms with E-state index in [2.05, 4.69) is 37.4 Å². The van der Waals surface area contributed by atoms with Crippen LogP contribution >= 0.6 is 0 Å². The first-order chi connectivity index (χ1) is 9.93. The van der Waals surface area contributed by atoms with Gasteiger partial charge in [-0.2, -0.15) is 8.78 Å². The first-order valence-corrected chi connectivity index (χ1v) is 7.23. The van der Waals surface area contributed by atoms with Crippen molar-refractivity contribution < 1.29 is 17.9 Å². The van der Waals surface area contributed by atoms with Crippen LogP contribution in [-0.4, -0.2) is 12.3 Å². The monoisotopic (exact) mass is 317 g/mol. The van der Waals surface area contributed by atoms with E-state index in [0.29, 0.717) is 16.7 Å². The second kappa shape index (κ2) is 8.81. The lowest BCUT2D eigenvalue weighted by Gasteiger charge is -2.09. The van der Waals surface area contributed by atoms with E-state index in [0.717, 1.165) is 18.2 Å². The van der Waals surface area contributed by atoms with Crippen LogP contribution < -0.4 is 4.74 Å². The number of ether oxygens (including phenoxy) is 1. The van der Waals surface area contributed by atoms with E-state index in [-0.39, 0.29) is 0 Å². The van der Waals surface area contributed by atoms with E-state index in [4.69, 9.17) is 0 Å². The summed E-state index contributed by atoms with van der Waals surface area (Å²) in [6.45, 7) is 11.1. The van der Waals surface area contributed by atoms with Crippen molar-refractivity contribution in [3.05, 3.63) is 23.5 Å². The van der Waals surface area contributed by atoms with Crippen LogP contribution in [0, 0.1) is 18.2 Å². The van der Waals surface area contributed by atoms with Crippen LogP contribution in [0.3, 0.4) is 0 Å². The van der Waals surface area contributed by atoms with E-state index in [9.17, 15) is 13.2 Å². The van der Waals surface area contributed by atoms with Crippen molar-refractivity contribution in [2.24, 2.45) is 10.4 Å². The van der Waals surface area contributed by atoms with Crippen LogP contribution in [0.15, 0.2) is 17.1 Å². The molecule has 22 heavy (non-hydrogen) atoms. The molecule has 0 fully saturated rings. The summed E-state index contributed by atoms with van der Waals surface area (Å²) in [6, 6.07) is 2.33. The Bertz CT molecular complexity index is 499. The van der Waals surface area contributed by atoms with E-state index in [1.807, 2.05) is 13.8 Å². The van der Waals surface area contributed by atoms with Gasteiger partial charge in [-0.3, -0.25) is 4.99 Å². The Hall–Kier alpha value is -1.52. The maximum atomic E-state index is 13.4. The molecule has 0 aliphatic carbocycles. The van der Waals surface area contributed by atoms with Crippen LogP contribution in [-0.2, 0) is 0 Å². The summed E-state index contributed by atoms with van der Waals surface area (Å²) in [5.41, 5.74) is 2.37. The van der Waals surface area contributed by atoms with Gasteiger partial charge in [0.1, 0.15) is 0 Å². The van der Waals surface area contributed by atoms with Gasteiger partial charge in [0.15, 0.2) is 11.6 Å². The van der Waals surface area contributed by atoms with Crippen molar-refractivity contribution in [3.63, 3.8) is 0 Å². The molecule has 0 heterocycles. The van der Waals surface area contributed by atoms with Gasteiger partial charge in [0.2, 0.25) is 0 Å². The minimum atomic E-state index is -3.03. The predicted octanol–water partition coefficient (Wildman–Crippen LogP) is 6.29. The fourth-order valence-corrected chi connectivity index (χ4v) is 1.24. The second-order valence-corrected chi connectivity index (χ2v) is 6.65. The largest absolute Gasteiger partial charge is 0.432 e. The highest BCUT2D eigenvalue weighted by molar-refractivity contribution is 5.84. The molecule has 0 amide bonds. The highest BCUT2D eigenvalue weighted by atomic mass is 19.3. The molecule has 0 saturated heterocycles.